The molecule has 2 unspecified atom stereocenters. The molecule has 0 radical (unpaired) electrons. The number of ether oxygens (including phenoxy) is 1. The summed E-state index contributed by atoms with van der Waals surface area (Å²) in [6.45, 7) is 12.4. The van der Waals surface area contributed by atoms with Crippen LogP contribution in [0.1, 0.15) is 54.4 Å². The summed E-state index contributed by atoms with van der Waals surface area (Å²) in [6, 6.07) is -0.831. The van der Waals surface area contributed by atoms with Gasteiger partial charge >= 0.3 is 0 Å². The van der Waals surface area contributed by atoms with E-state index in [-0.39, 0.29) is 22.8 Å². The molecule has 1 heterocycles. The van der Waals surface area contributed by atoms with Crippen LogP contribution in [-0.4, -0.2) is 48.1 Å². The Bertz CT molecular complexity index is 399. The van der Waals surface area contributed by atoms with Gasteiger partial charge in [0, 0.05) is 13.7 Å². The summed E-state index contributed by atoms with van der Waals surface area (Å²) in [5.74, 6) is -0.0342. The Labute approximate surface area is 128 Å². The van der Waals surface area contributed by atoms with Crippen molar-refractivity contribution < 1.29 is 14.3 Å². The Morgan fingerprint density at radius 1 is 1.19 bits per heavy atom. The lowest BCUT2D eigenvalue weighted by molar-refractivity contribution is -0.154. The predicted octanol–water partition coefficient (Wildman–Crippen LogP) is 1.95. The second-order valence-corrected chi connectivity index (χ2v) is 7.48. The fraction of sp³-hybridized carbons (Fsp3) is 0.875. The Hall–Kier alpha value is -1.10. The zero-order valence-electron chi connectivity index (χ0n) is 14.4. The fourth-order valence-electron chi connectivity index (χ4n) is 2.65. The summed E-state index contributed by atoms with van der Waals surface area (Å²) in [5.41, 5.74) is -0.603. The number of methoxy groups -OCH3 is 1. The van der Waals surface area contributed by atoms with E-state index in [4.69, 9.17) is 4.74 Å². The number of piperazine rings is 1. The monoisotopic (exact) mass is 298 g/mol. The van der Waals surface area contributed by atoms with Crippen LogP contribution in [0.5, 0.6) is 0 Å². The average molecular weight is 298 g/mol. The summed E-state index contributed by atoms with van der Waals surface area (Å²) >= 11 is 0. The van der Waals surface area contributed by atoms with Crippen molar-refractivity contribution in [2.45, 2.75) is 72.1 Å². The molecular weight excluding hydrogens is 268 g/mol. The third kappa shape index (κ3) is 4.19. The first-order valence-corrected chi connectivity index (χ1v) is 7.69. The van der Waals surface area contributed by atoms with Gasteiger partial charge in [0.05, 0.1) is 5.60 Å². The van der Waals surface area contributed by atoms with E-state index in [0.717, 1.165) is 0 Å². The largest absolute Gasteiger partial charge is 0.379 e. The van der Waals surface area contributed by atoms with E-state index in [9.17, 15) is 9.59 Å². The number of carbonyl (C=O) groups excluding carboxylic acids is 2. The van der Waals surface area contributed by atoms with Crippen molar-refractivity contribution in [2.24, 2.45) is 5.41 Å². The second-order valence-electron chi connectivity index (χ2n) is 7.48. The van der Waals surface area contributed by atoms with Gasteiger partial charge in [-0.15, -0.1) is 0 Å². The van der Waals surface area contributed by atoms with Gasteiger partial charge in [0.25, 0.3) is 0 Å². The van der Waals surface area contributed by atoms with Crippen LogP contribution in [0.2, 0.25) is 0 Å². The van der Waals surface area contributed by atoms with Crippen molar-refractivity contribution in [1.29, 1.82) is 0 Å². The summed E-state index contributed by atoms with van der Waals surface area (Å²) in [7, 11) is 1.67. The van der Waals surface area contributed by atoms with Gasteiger partial charge in [0.2, 0.25) is 11.8 Å². The number of hydrogen-bond acceptors (Lipinski definition) is 3. The molecule has 21 heavy (non-hydrogen) atoms. The summed E-state index contributed by atoms with van der Waals surface area (Å²) in [4.78, 5) is 26.8. The molecule has 1 aliphatic heterocycles. The van der Waals surface area contributed by atoms with Crippen molar-refractivity contribution >= 4 is 11.8 Å². The summed E-state index contributed by atoms with van der Waals surface area (Å²) in [5, 5.41) is 2.85. The lowest BCUT2D eigenvalue weighted by atomic mass is 9.82. The number of nitrogens with one attached hydrogen (secondary N) is 1. The van der Waals surface area contributed by atoms with Gasteiger partial charge in [0.15, 0.2) is 0 Å². The number of amides is 2. The first kappa shape index (κ1) is 18.0. The summed E-state index contributed by atoms with van der Waals surface area (Å²) in [6.07, 6.45) is 1.32. The van der Waals surface area contributed by atoms with Crippen LogP contribution in [0.3, 0.4) is 0 Å². The SMILES string of the molecule is CCC1NC(=O)C(C(C)(C)C)N(CCC(C)(C)OC)C1=O. The topological polar surface area (TPSA) is 58.6 Å². The predicted molar refractivity (Wildman–Crippen MR) is 82.9 cm³/mol. The van der Waals surface area contributed by atoms with Gasteiger partial charge in [-0.1, -0.05) is 27.7 Å². The first-order chi connectivity index (χ1) is 9.53. The molecule has 0 aromatic rings. The minimum absolute atomic E-state index is 0.0175. The molecule has 2 amide bonds. The maximum Gasteiger partial charge on any atom is 0.245 e. The van der Waals surface area contributed by atoms with E-state index in [2.05, 4.69) is 5.32 Å². The zero-order chi connectivity index (χ0) is 16.4. The molecule has 122 valence electrons. The fourth-order valence-corrected chi connectivity index (χ4v) is 2.65. The van der Waals surface area contributed by atoms with Crippen molar-refractivity contribution in [2.75, 3.05) is 13.7 Å². The van der Waals surface area contributed by atoms with E-state index in [1.165, 1.54) is 0 Å². The smallest absolute Gasteiger partial charge is 0.245 e. The third-order valence-corrected chi connectivity index (χ3v) is 4.19. The van der Waals surface area contributed by atoms with Gasteiger partial charge in [-0.2, -0.15) is 0 Å². The van der Waals surface area contributed by atoms with Crippen LogP contribution in [0, 0.1) is 5.41 Å². The normalized spacial score (nSPS) is 24.2. The van der Waals surface area contributed by atoms with E-state index < -0.39 is 12.1 Å². The molecule has 1 fully saturated rings. The minimum atomic E-state index is -0.430. The molecule has 5 nitrogen and oxygen atoms in total. The second kappa shape index (κ2) is 6.34. The number of carbonyl (C=O) groups is 2. The molecule has 1 aliphatic rings. The van der Waals surface area contributed by atoms with Crippen LogP contribution >= 0.6 is 0 Å². The van der Waals surface area contributed by atoms with Gasteiger partial charge in [-0.25, -0.2) is 0 Å². The van der Waals surface area contributed by atoms with Gasteiger partial charge in [-0.3, -0.25) is 9.59 Å². The van der Waals surface area contributed by atoms with E-state index in [1.807, 2.05) is 41.5 Å². The van der Waals surface area contributed by atoms with Crippen molar-refractivity contribution in [1.82, 2.24) is 10.2 Å². The van der Waals surface area contributed by atoms with Gasteiger partial charge in [-0.05, 0) is 32.1 Å². The van der Waals surface area contributed by atoms with Gasteiger partial charge < -0.3 is 15.0 Å². The Morgan fingerprint density at radius 3 is 2.19 bits per heavy atom. The van der Waals surface area contributed by atoms with Crippen molar-refractivity contribution in [3.05, 3.63) is 0 Å². The molecule has 0 spiro atoms. The number of hydrogen-bond donors (Lipinski definition) is 1. The molecule has 2 atom stereocenters. The Kier molecular flexibility index (Phi) is 5.42. The lowest BCUT2D eigenvalue weighted by Gasteiger charge is -2.45. The lowest BCUT2D eigenvalue weighted by Crippen LogP contribution is -2.66. The molecular formula is C16H30N2O3. The van der Waals surface area contributed by atoms with Crippen molar-refractivity contribution in [3.8, 4) is 0 Å². The summed E-state index contributed by atoms with van der Waals surface area (Å²) < 4.78 is 5.43. The highest BCUT2D eigenvalue weighted by Gasteiger charge is 2.45. The number of nitrogens with zero attached hydrogens (tertiary/aromatic N) is 1. The third-order valence-electron chi connectivity index (χ3n) is 4.19. The molecule has 1 N–H and O–H groups in total. The van der Waals surface area contributed by atoms with Crippen LogP contribution in [0.4, 0.5) is 0 Å². The van der Waals surface area contributed by atoms with E-state index in [0.29, 0.717) is 19.4 Å². The average Bonchev–Trinajstić information content (AvgIpc) is 2.37. The zero-order valence-corrected chi connectivity index (χ0v) is 14.4. The van der Waals surface area contributed by atoms with Crippen LogP contribution < -0.4 is 5.32 Å². The minimum Gasteiger partial charge on any atom is -0.379 e. The maximum absolute atomic E-state index is 12.6. The van der Waals surface area contributed by atoms with Crippen LogP contribution in [-0.2, 0) is 14.3 Å². The molecule has 0 aliphatic carbocycles. The Morgan fingerprint density at radius 2 is 1.76 bits per heavy atom. The first-order valence-electron chi connectivity index (χ1n) is 7.69. The van der Waals surface area contributed by atoms with Crippen LogP contribution in [0.25, 0.3) is 0 Å². The quantitative estimate of drug-likeness (QED) is 0.844. The Balaban J connectivity index is 2.99. The highest BCUT2D eigenvalue weighted by molar-refractivity contribution is 5.97. The molecule has 1 saturated heterocycles. The molecule has 5 heteroatoms. The van der Waals surface area contributed by atoms with Crippen molar-refractivity contribution in [3.63, 3.8) is 0 Å². The highest BCUT2D eigenvalue weighted by atomic mass is 16.5. The molecule has 1 rings (SSSR count). The molecule has 0 bridgehead atoms. The van der Waals surface area contributed by atoms with Gasteiger partial charge in [0.1, 0.15) is 12.1 Å². The highest BCUT2D eigenvalue weighted by Crippen LogP contribution is 2.29. The van der Waals surface area contributed by atoms with E-state index in [1.54, 1.807) is 12.0 Å². The molecule has 0 aromatic carbocycles. The van der Waals surface area contributed by atoms with E-state index >= 15 is 0 Å². The molecule has 0 saturated carbocycles. The number of rotatable bonds is 5. The van der Waals surface area contributed by atoms with Crippen LogP contribution in [0.15, 0.2) is 0 Å². The standard InChI is InChI=1S/C16H30N2O3/c1-8-11-14(20)18(10-9-16(5,6)21-7)12(13(19)17-11)15(2,3)4/h11-12H,8-10H2,1-7H3,(H,17,19). The maximum atomic E-state index is 12.6. The molecule has 0 aromatic heterocycles.